The molecule has 0 unspecified atom stereocenters. The van der Waals surface area contributed by atoms with Crippen LogP contribution in [0.1, 0.15) is 21.5 Å². The normalized spacial score (nSPS) is 14.2. The highest BCUT2D eigenvalue weighted by molar-refractivity contribution is 5.98. The van der Waals surface area contributed by atoms with Crippen molar-refractivity contribution in [3.63, 3.8) is 0 Å². The Labute approximate surface area is 166 Å². The van der Waals surface area contributed by atoms with Gasteiger partial charge in [0.05, 0.1) is 13.2 Å². The highest BCUT2D eigenvalue weighted by Crippen LogP contribution is 2.26. The molecule has 0 atom stereocenters. The molecular formula is C20H22F3N3O3. The number of alkyl halides is 2. The lowest BCUT2D eigenvalue weighted by molar-refractivity contribution is 0.0771. The maximum Gasteiger partial charge on any atom is 0.272 e. The number of nitrogens with one attached hydrogen (secondary N) is 1. The zero-order valence-corrected chi connectivity index (χ0v) is 16.0. The molecule has 2 aromatic rings. The number of benzene rings is 1. The Kier molecular flexibility index (Phi) is 6.92. The molecule has 1 saturated heterocycles. The molecule has 1 aromatic carbocycles. The zero-order chi connectivity index (χ0) is 20.8. The van der Waals surface area contributed by atoms with Crippen molar-refractivity contribution in [1.82, 2.24) is 10.3 Å². The van der Waals surface area contributed by atoms with Crippen molar-refractivity contribution in [2.24, 2.45) is 0 Å². The van der Waals surface area contributed by atoms with Crippen LogP contribution in [0, 0.1) is 12.7 Å². The predicted octanol–water partition coefficient (Wildman–Crippen LogP) is 2.94. The monoisotopic (exact) mass is 409 g/mol. The fraction of sp³-hybridized carbons (Fsp3) is 0.400. The minimum absolute atomic E-state index is 0.102. The van der Waals surface area contributed by atoms with Crippen LogP contribution >= 0.6 is 0 Å². The summed E-state index contributed by atoms with van der Waals surface area (Å²) in [6.45, 7) is 3.28. The molecule has 0 aliphatic carbocycles. The largest absolute Gasteiger partial charge is 0.471 e. The number of pyridine rings is 1. The van der Waals surface area contributed by atoms with Gasteiger partial charge < -0.3 is 19.7 Å². The predicted molar refractivity (Wildman–Crippen MR) is 101 cm³/mol. The lowest BCUT2D eigenvalue weighted by Gasteiger charge is -2.28. The summed E-state index contributed by atoms with van der Waals surface area (Å²) in [5.41, 5.74) is 1.36. The first-order chi connectivity index (χ1) is 13.9. The number of carbonyl (C=O) groups is 1. The summed E-state index contributed by atoms with van der Waals surface area (Å²) in [4.78, 5) is 19.0. The van der Waals surface area contributed by atoms with E-state index >= 15 is 0 Å². The molecule has 1 amide bonds. The van der Waals surface area contributed by atoms with Crippen LogP contribution in [0.5, 0.6) is 5.88 Å². The molecule has 1 fully saturated rings. The van der Waals surface area contributed by atoms with Crippen LogP contribution in [-0.4, -0.2) is 50.2 Å². The summed E-state index contributed by atoms with van der Waals surface area (Å²) in [6.07, 6.45) is -2.70. The molecule has 156 valence electrons. The number of ether oxygens (including phenoxy) is 2. The first-order valence-corrected chi connectivity index (χ1v) is 9.22. The number of anilines is 1. The summed E-state index contributed by atoms with van der Waals surface area (Å²) in [6, 6.07) is 7.42. The fourth-order valence-electron chi connectivity index (χ4n) is 2.98. The van der Waals surface area contributed by atoms with E-state index in [4.69, 9.17) is 9.47 Å². The number of aryl methyl sites for hydroxylation is 1. The van der Waals surface area contributed by atoms with E-state index in [2.05, 4.69) is 10.3 Å². The third-order valence-corrected chi connectivity index (χ3v) is 4.44. The van der Waals surface area contributed by atoms with Crippen molar-refractivity contribution in [3.8, 4) is 5.88 Å². The molecule has 1 N–H and O–H groups in total. The summed E-state index contributed by atoms with van der Waals surface area (Å²) in [5.74, 6) is -0.466. The van der Waals surface area contributed by atoms with E-state index in [-0.39, 0.29) is 23.8 Å². The van der Waals surface area contributed by atoms with E-state index in [0.29, 0.717) is 43.2 Å². The number of amides is 1. The van der Waals surface area contributed by atoms with Gasteiger partial charge in [-0.1, -0.05) is 12.1 Å². The van der Waals surface area contributed by atoms with Gasteiger partial charge in [-0.3, -0.25) is 4.79 Å². The second-order valence-corrected chi connectivity index (χ2v) is 6.59. The molecule has 1 aliphatic rings. The van der Waals surface area contributed by atoms with E-state index < -0.39 is 18.9 Å². The molecule has 3 rings (SSSR count). The SMILES string of the molecule is Cc1cc(N2CCOCC2)nc(OCC(F)F)c1C(=O)NCc1ccc(F)cc1. The Bertz CT molecular complexity index is 841. The van der Waals surface area contributed by atoms with Crippen LogP contribution in [-0.2, 0) is 11.3 Å². The van der Waals surface area contributed by atoms with Crippen LogP contribution in [0.3, 0.4) is 0 Å². The molecule has 0 spiro atoms. The van der Waals surface area contributed by atoms with Crippen molar-refractivity contribution in [3.05, 3.63) is 52.8 Å². The van der Waals surface area contributed by atoms with Gasteiger partial charge in [0.15, 0.2) is 6.61 Å². The van der Waals surface area contributed by atoms with E-state index in [9.17, 15) is 18.0 Å². The van der Waals surface area contributed by atoms with Gasteiger partial charge in [0, 0.05) is 19.6 Å². The number of aromatic nitrogens is 1. The zero-order valence-electron chi connectivity index (χ0n) is 16.0. The number of halogens is 3. The standard InChI is InChI=1S/C20H22F3N3O3/c1-13-10-17(26-6-8-28-9-7-26)25-20(29-12-16(22)23)18(13)19(27)24-11-14-2-4-15(21)5-3-14/h2-5,10,16H,6-9,11-12H2,1H3,(H,24,27). The number of carbonyl (C=O) groups excluding carboxylic acids is 1. The van der Waals surface area contributed by atoms with Crippen molar-refractivity contribution in [2.45, 2.75) is 19.9 Å². The molecule has 6 nitrogen and oxygen atoms in total. The third kappa shape index (κ3) is 5.60. The fourth-order valence-corrected chi connectivity index (χ4v) is 2.98. The van der Waals surface area contributed by atoms with Crippen molar-refractivity contribution >= 4 is 11.7 Å². The minimum atomic E-state index is -2.70. The molecule has 1 aromatic heterocycles. The summed E-state index contributed by atoms with van der Waals surface area (Å²) < 4.78 is 48.9. The Balaban J connectivity index is 1.82. The number of hydrogen-bond acceptors (Lipinski definition) is 5. The average Bonchev–Trinajstić information content (AvgIpc) is 2.72. The molecular weight excluding hydrogens is 387 g/mol. The quantitative estimate of drug-likeness (QED) is 0.762. The van der Waals surface area contributed by atoms with Gasteiger partial charge >= 0.3 is 0 Å². The van der Waals surface area contributed by atoms with Crippen LogP contribution in [0.15, 0.2) is 30.3 Å². The lowest BCUT2D eigenvalue weighted by Crippen LogP contribution is -2.37. The molecule has 29 heavy (non-hydrogen) atoms. The number of rotatable bonds is 7. The van der Waals surface area contributed by atoms with Gasteiger partial charge in [-0.2, -0.15) is 4.98 Å². The minimum Gasteiger partial charge on any atom is -0.471 e. The van der Waals surface area contributed by atoms with Crippen LogP contribution in [0.25, 0.3) is 0 Å². The molecule has 0 bridgehead atoms. The van der Waals surface area contributed by atoms with Crippen LogP contribution in [0.2, 0.25) is 0 Å². The maximum atomic E-state index is 13.0. The van der Waals surface area contributed by atoms with Gasteiger partial charge in [0.1, 0.15) is 17.2 Å². The van der Waals surface area contributed by atoms with E-state index in [1.54, 1.807) is 25.1 Å². The first kappa shape index (κ1) is 20.9. The van der Waals surface area contributed by atoms with Crippen LogP contribution in [0.4, 0.5) is 19.0 Å². The molecule has 9 heteroatoms. The smallest absolute Gasteiger partial charge is 0.272 e. The number of morpholine rings is 1. The summed E-state index contributed by atoms with van der Waals surface area (Å²) in [5, 5.41) is 2.70. The molecule has 0 saturated carbocycles. The Morgan fingerprint density at radius 2 is 1.97 bits per heavy atom. The van der Waals surface area contributed by atoms with E-state index in [0.717, 1.165) is 0 Å². The summed E-state index contributed by atoms with van der Waals surface area (Å²) in [7, 11) is 0. The Morgan fingerprint density at radius 3 is 2.62 bits per heavy atom. The number of nitrogens with zero attached hydrogens (tertiary/aromatic N) is 2. The second kappa shape index (κ2) is 9.60. The Morgan fingerprint density at radius 1 is 1.28 bits per heavy atom. The second-order valence-electron chi connectivity index (χ2n) is 6.59. The topological polar surface area (TPSA) is 63.7 Å². The van der Waals surface area contributed by atoms with Crippen LogP contribution < -0.4 is 15.0 Å². The summed E-state index contributed by atoms with van der Waals surface area (Å²) >= 11 is 0. The van der Waals surface area contributed by atoms with Crippen molar-refractivity contribution in [2.75, 3.05) is 37.8 Å². The molecule has 1 aliphatic heterocycles. The molecule has 2 heterocycles. The maximum absolute atomic E-state index is 13.0. The van der Waals surface area contributed by atoms with E-state index in [1.165, 1.54) is 12.1 Å². The van der Waals surface area contributed by atoms with Gasteiger partial charge in [-0.05, 0) is 36.2 Å². The highest BCUT2D eigenvalue weighted by atomic mass is 19.3. The van der Waals surface area contributed by atoms with Gasteiger partial charge in [0.25, 0.3) is 12.3 Å². The van der Waals surface area contributed by atoms with Gasteiger partial charge in [-0.25, -0.2) is 13.2 Å². The Hall–Kier alpha value is -2.81. The molecule has 0 radical (unpaired) electrons. The van der Waals surface area contributed by atoms with Crippen molar-refractivity contribution in [1.29, 1.82) is 0 Å². The third-order valence-electron chi connectivity index (χ3n) is 4.44. The lowest BCUT2D eigenvalue weighted by atomic mass is 10.1. The highest BCUT2D eigenvalue weighted by Gasteiger charge is 2.22. The van der Waals surface area contributed by atoms with E-state index in [1.807, 2.05) is 4.90 Å². The van der Waals surface area contributed by atoms with Gasteiger partial charge in [0.2, 0.25) is 5.88 Å². The van der Waals surface area contributed by atoms with Gasteiger partial charge in [-0.15, -0.1) is 0 Å². The van der Waals surface area contributed by atoms with Crippen molar-refractivity contribution < 1.29 is 27.4 Å². The number of hydrogen-bond donors (Lipinski definition) is 1. The average molecular weight is 409 g/mol. The first-order valence-electron chi connectivity index (χ1n) is 9.22.